The average Bonchev–Trinajstić information content (AvgIpc) is 3.01. The minimum absolute atomic E-state index is 0.660. The van der Waals surface area contributed by atoms with Crippen molar-refractivity contribution in [2.24, 2.45) is 0 Å². The summed E-state index contributed by atoms with van der Waals surface area (Å²) in [5.41, 5.74) is 2.72. The average molecular weight is 368 g/mol. The molecule has 0 amide bonds. The van der Waals surface area contributed by atoms with Crippen LogP contribution in [0.15, 0.2) is 39.2 Å². The summed E-state index contributed by atoms with van der Waals surface area (Å²) < 4.78 is 12.0. The second-order valence-electron chi connectivity index (χ2n) is 4.20. The van der Waals surface area contributed by atoms with E-state index in [9.17, 15) is 0 Å². The van der Waals surface area contributed by atoms with Gasteiger partial charge >= 0.3 is 0 Å². The molecule has 0 aliphatic heterocycles. The molecule has 4 nitrogen and oxygen atoms in total. The van der Waals surface area contributed by atoms with E-state index in [4.69, 9.17) is 8.83 Å². The molecule has 0 fully saturated rings. The van der Waals surface area contributed by atoms with Crippen LogP contribution in [0.3, 0.4) is 0 Å². The molecule has 0 bridgehead atoms. The van der Waals surface area contributed by atoms with Gasteiger partial charge in [0.2, 0.25) is 0 Å². The summed E-state index contributed by atoms with van der Waals surface area (Å²) in [5.74, 6) is 1.69. The highest BCUT2D eigenvalue weighted by molar-refractivity contribution is 14.1. The van der Waals surface area contributed by atoms with Crippen molar-refractivity contribution in [1.82, 2.24) is 4.98 Å². The zero-order valence-electron chi connectivity index (χ0n) is 10.4. The summed E-state index contributed by atoms with van der Waals surface area (Å²) in [6.07, 6.45) is 0.808. The molecule has 0 spiro atoms. The van der Waals surface area contributed by atoms with Crippen molar-refractivity contribution in [1.29, 1.82) is 0 Å². The molecular formula is C14H13IN2O2. The van der Waals surface area contributed by atoms with Crippen LogP contribution in [0.5, 0.6) is 0 Å². The Hall–Kier alpha value is -1.50. The van der Waals surface area contributed by atoms with Crippen LogP contribution in [0.1, 0.15) is 18.6 Å². The lowest BCUT2D eigenvalue weighted by atomic mass is 10.3. The third-order valence-corrected chi connectivity index (χ3v) is 3.41. The van der Waals surface area contributed by atoms with Crippen molar-refractivity contribution >= 4 is 39.4 Å². The van der Waals surface area contributed by atoms with E-state index in [2.05, 4.69) is 32.9 Å². The largest absolute Gasteiger partial charge is 0.454 e. The minimum atomic E-state index is 0.660. The SMILES string of the molecule is CCc1nc2cc(NCc3ccc(I)o3)ccc2o1. The Morgan fingerprint density at radius 1 is 1.21 bits per heavy atom. The maximum atomic E-state index is 5.58. The van der Waals surface area contributed by atoms with Gasteiger partial charge in [-0.1, -0.05) is 6.92 Å². The standard InChI is InChI=1S/C14H13IN2O2/c1-2-14-17-11-7-9(3-5-12(11)19-14)16-8-10-4-6-13(15)18-10/h3-7,16H,2,8H2,1H3. The molecule has 0 unspecified atom stereocenters. The second kappa shape index (κ2) is 5.24. The minimum Gasteiger partial charge on any atom is -0.454 e. The van der Waals surface area contributed by atoms with Crippen LogP contribution < -0.4 is 5.32 Å². The topological polar surface area (TPSA) is 51.2 Å². The molecule has 0 radical (unpaired) electrons. The maximum absolute atomic E-state index is 5.58. The summed E-state index contributed by atoms with van der Waals surface area (Å²) in [7, 11) is 0. The third kappa shape index (κ3) is 2.75. The van der Waals surface area contributed by atoms with E-state index >= 15 is 0 Å². The van der Waals surface area contributed by atoms with E-state index < -0.39 is 0 Å². The van der Waals surface area contributed by atoms with Gasteiger partial charge in [0, 0.05) is 12.1 Å². The van der Waals surface area contributed by atoms with E-state index in [1.165, 1.54) is 0 Å². The van der Waals surface area contributed by atoms with E-state index in [0.29, 0.717) is 6.54 Å². The normalized spacial score (nSPS) is 11.1. The first-order valence-electron chi connectivity index (χ1n) is 6.12. The predicted octanol–water partition coefficient (Wildman–Crippen LogP) is 4.20. The highest BCUT2D eigenvalue weighted by atomic mass is 127. The van der Waals surface area contributed by atoms with Crippen molar-refractivity contribution in [3.05, 3.63) is 45.7 Å². The number of hydrogen-bond donors (Lipinski definition) is 1. The van der Waals surface area contributed by atoms with Crippen molar-refractivity contribution in [3.63, 3.8) is 0 Å². The molecule has 98 valence electrons. The summed E-state index contributed by atoms with van der Waals surface area (Å²) in [6.45, 7) is 2.69. The van der Waals surface area contributed by atoms with E-state index in [1.807, 2.05) is 37.3 Å². The summed E-state index contributed by atoms with van der Waals surface area (Å²) in [5, 5.41) is 3.31. The molecule has 0 aliphatic carbocycles. The predicted molar refractivity (Wildman–Crippen MR) is 82.1 cm³/mol. The zero-order chi connectivity index (χ0) is 13.2. The molecule has 2 heterocycles. The van der Waals surface area contributed by atoms with Gasteiger partial charge in [-0.2, -0.15) is 0 Å². The number of furan rings is 1. The molecule has 0 saturated carbocycles. The van der Waals surface area contributed by atoms with Crippen molar-refractivity contribution in [2.75, 3.05) is 5.32 Å². The first-order valence-corrected chi connectivity index (χ1v) is 7.20. The summed E-state index contributed by atoms with van der Waals surface area (Å²) in [4.78, 5) is 4.42. The molecule has 1 aromatic carbocycles. The van der Waals surface area contributed by atoms with Gasteiger partial charge in [0.25, 0.3) is 0 Å². The third-order valence-electron chi connectivity index (χ3n) is 2.83. The molecular weight excluding hydrogens is 355 g/mol. The van der Waals surface area contributed by atoms with Crippen LogP contribution in [0.4, 0.5) is 5.69 Å². The molecule has 0 saturated heterocycles. The zero-order valence-corrected chi connectivity index (χ0v) is 12.6. The van der Waals surface area contributed by atoms with Gasteiger partial charge < -0.3 is 14.2 Å². The fraction of sp³-hybridized carbons (Fsp3) is 0.214. The first kappa shape index (κ1) is 12.5. The lowest BCUT2D eigenvalue weighted by Gasteiger charge is -2.03. The number of aromatic nitrogens is 1. The number of aryl methyl sites for hydroxylation is 1. The number of fused-ring (bicyclic) bond motifs is 1. The van der Waals surface area contributed by atoms with Crippen LogP contribution in [-0.4, -0.2) is 4.98 Å². The van der Waals surface area contributed by atoms with Gasteiger partial charge in [0.05, 0.1) is 6.54 Å². The number of halogens is 1. The molecule has 0 aliphatic rings. The van der Waals surface area contributed by atoms with Crippen LogP contribution in [-0.2, 0) is 13.0 Å². The lowest BCUT2D eigenvalue weighted by molar-refractivity contribution is 0.493. The van der Waals surface area contributed by atoms with E-state index in [0.717, 1.165) is 38.6 Å². The van der Waals surface area contributed by atoms with Gasteiger partial charge in [-0.3, -0.25) is 0 Å². The summed E-state index contributed by atoms with van der Waals surface area (Å²) >= 11 is 2.16. The Morgan fingerprint density at radius 3 is 2.84 bits per heavy atom. The number of nitrogens with one attached hydrogen (secondary N) is 1. The number of anilines is 1. The molecule has 0 atom stereocenters. The van der Waals surface area contributed by atoms with Gasteiger partial charge in [-0.05, 0) is 52.9 Å². The Labute approximate surface area is 124 Å². The van der Waals surface area contributed by atoms with E-state index in [-0.39, 0.29) is 0 Å². The molecule has 3 aromatic rings. The van der Waals surface area contributed by atoms with Crippen LogP contribution in [0, 0.1) is 3.77 Å². The molecule has 5 heteroatoms. The quantitative estimate of drug-likeness (QED) is 0.702. The van der Waals surface area contributed by atoms with Gasteiger partial charge in [-0.25, -0.2) is 4.98 Å². The molecule has 3 rings (SSSR count). The molecule has 1 N–H and O–H groups in total. The van der Waals surface area contributed by atoms with E-state index in [1.54, 1.807) is 0 Å². The lowest BCUT2D eigenvalue weighted by Crippen LogP contribution is -1.97. The fourth-order valence-corrected chi connectivity index (χ4v) is 2.33. The Morgan fingerprint density at radius 2 is 2.11 bits per heavy atom. The monoisotopic (exact) mass is 368 g/mol. The molecule has 2 aromatic heterocycles. The number of nitrogens with zero attached hydrogens (tertiary/aromatic N) is 1. The number of hydrogen-bond acceptors (Lipinski definition) is 4. The maximum Gasteiger partial charge on any atom is 0.195 e. The van der Waals surface area contributed by atoms with Crippen LogP contribution in [0.2, 0.25) is 0 Å². The number of rotatable bonds is 4. The Balaban J connectivity index is 1.77. The first-order chi connectivity index (χ1) is 9.24. The number of benzene rings is 1. The smallest absolute Gasteiger partial charge is 0.195 e. The number of oxazole rings is 1. The Bertz CT molecular complexity index is 702. The van der Waals surface area contributed by atoms with Crippen molar-refractivity contribution in [3.8, 4) is 0 Å². The van der Waals surface area contributed by atoms with Crippen LogP contribution >= 0.6 is 22.6 Å². The highest BCUT2D eigenvalue weighted by Gasteiger charge is 2.05. The fourth-order valence-electron chi connectivity index (χ4n) is 1.87. The van der Waals surface area contributed by atoms with Crippen LogP contribution in [0.25, 0.3) is 11.1 Å². The Kier molecular flexibility index (Phi) is 3.46. The van der Waals surface area contributed by atoms with Crippen molar-refractivity contribution in [2.45, 2.75) is 19.9 Å². The summed E-state index contributed by atoms with van der Waals surface area (Å²) in [6, 6.07) is 9.84. The van der Waals surface area contributed by atoms with Gasteiger partial charge in [-0.15, -0.1) is 0 Å². The molecule has 19 heavy (non-hydrogen) atoms. The highest BCUT2D eigenvalue weighted by Crippen LogP contribution is 2.21. The van der Waals surface area contributed by atoms with Gasteiger partial charge in [0.15, 0.2) is 15.2 Å². The van der Waals surface area contributed by atoms with Crippen molar-refractivity contribution < 1.29 is 8.83 Å². The second-order valence-corrected chi connectivity index (χ2v) is 5.27. The van der Waals surface area contributed by atoms with Gasteiger partial charge in [0.1, 0.15) is 11.3 Å².